The van der Waals surface area contributed by atoms with Crippen molar-refractivity contribution in [1.82, 2.24) is 30.4 Å². The molecule has 0 fully saturated rings. The Labute approximate surface area is 120 Å². The number of aliphatic carboxylic acids is 1. The molecule has 21 heavy (non-hydrogen) atoms. The second kappa shape index (κ2) is 6.07. The van der Waals surface area contributed by atoms with E-state index >= 15 is 0 Å². The van der Waals surface area contributed by atoms with Crippen molar-refractivity contribution in [2.75, 3.05) is 0 Å². The number of aromatic amines is 1. The fourth-order valence-corrected chi connectivity index (χ4v) is 1.83. The van der Waals surface area contributed by atoms with Gasteiger partial charge in [-0.05, 0) is 6.92 Å². The van der Waals surface area contributed by atoms with E-state index in [-0.39, 0.29) is 6.04 Å². The number of H-pyrrole nitrogens is 1. The number of nitrogens with zero attached hydrogens (tertiary/aromatic N) is 3. The minimum Gasteiger partial charge on any atom is -0.479 e. The van der Waals surface area contributed by atoms with E-state index in [0.717, 1.165) is 0 Å². The Bertz CT molecular complexity index is 621. The van der Waals surface area contributed by atoms with Crippen LogP contribution in [0.3, 0.4) is 0 Å². The molecule has 112 valence electrons. The molecule has 4 N–H and O–H groups in total. The van der Waals surface area contributed by atoms with E-state index < -0.39 is 18.0 Å². The first-order valence-corrected chi connectivity index (χ1v) is 6.25. The maximum atomic E-state index is 11.9. The number of amides is 2. The fraction of sp³-hybridized carbons (Fsp3) is 0.333. The maximum absolute atomic E-state index is 11.9. The second-order valence-corrected chi connectivity index (χ2v) is 4.53. The van der Waals surface area contributed by atoms with Crippen molar-refractivity contribution in [3.63, 3.8) is 0 Å². The minimum absolute atomic E-state index is 0.372. The summed E-state index contributed by atoms with van der Waals surface area (Å²) in [5.74, 6) is -0.581. The Morgan fingerprint density at radius 3 is 2.71 bits per heavy atom. The van der Waals surface area contributed by atoms with E-state index in [9.17, 15) is 14.7 Å². The number of rotatable bonds is 5. The number of imidazole rings is 1. The Kier molecular flexibility index (Phi) is 4.21. The average Bonchev–Trinajstić information content (AvgIpc) is 3.06. The Hall–Kier alpha value is -2.84. The summed E-state index contributed by atoms with van der Waals surface area (Å²) < 4.78 is 1.47. The lowest BCUT2D eigenvalue weighted by atomic mass is 10.1. The maximum Gasteiger partial charge on any atom is 0.331 e. The van der Waals surface area contributed by atoms with Gasteiger partial charge in [0.2, 0.25) is 0 Å². The summed E-state index contributed by atoms with van der Waals surface area (Å²) in [4.78, 5) is 30.0. The zero-order valence-electron chi connectivity index (χ0n) is 11.6. The molecule has 0 aromatic carbocycles. The van der Waals surface area contributed by atoms with Crippen molar-refractivity contribution in [3.05, 3.63) is 36.2 Å². The van der Waals surface area contributed by atoms with Crippen molar-refractivity contribution < 1.29 is 14.7 Å². The number of carbonyl (C=O) groups is 2. The highest BCUT2D eigenvalue weighted by molar-refractivity contribution is 5.83. The van der Waals surface area contributed by atoms with E-state index in [1.165, 1.54) is 17.1 Å². The number of carboxylic acids is 1. The molecule has 0 saturated heterocycles. The molecule has 0 saturated carbocycles. The third-order valence-electron chi connectivity index (χ3n) is 2.86. The molecule has 0 radical (unpaired) electrons. The van der Waals surface area contributed by atoms with Gasteiger partial charge in [0.05, 0.1) is 12.2 Å². The van der Waals surface area contributed by atoms with E-state index in [1.807, 2.05) is 0 Å². The molecular weight excluding hydrogens is 276 g/mol. The van der Waals surface area contributed by atoms with Gasteiger partial charge in [0.25, 0.3) is 0 Å². The van der Waals surface area contributed by atoms with Crippen LogP contribution in [-0.2, 0) is 11.8 Å². The molecule has 0 bridgehead atoms. The Balaban J connectivity index is 2.00. The summed E-state index contributed by atoms with van der Waals surface area (Å²) in [6, 6.07) is -2.14. The van der Waals surface area contributed by atoms with Gasteiger partial charge in [-0.25, -0.2) is 14.6 Å². The highest BCUT2D eigenvalue weighted by Crippen LogP contribution is 2.12. The van der Waals surface area contributed by atoms with Crippen LogP contribution in [0.2, 0.25) is 0 Å². The van der Waals surface area contributed by atoms with Crippen molar-refractivity contribution >= 4 is 12.0 Å². The molecule has 0 aliphatic carbocycles. The highest BCUT2D eigenvalue weighted by Gasteiger charge is 2.24. The normalized spacial score (nSPS) is 13.4. The van der Waals surface area contributed by atoms with Gasteiger partial charge in [0.1, 0.15) is 5.82 Å². The van der Waals surface area contributed by atoms with Crippen LogP contribution in [-0.4, -0.2) is 36.9 Å². The van der Waals surface area contributed by atoms with Gasteiger partial charge in [-0.1, -0.05) is 0 Å². The molecule has 2 rings (SSSR count). The second-order valence-electron chi connectivity index (χ2n) is 4.53. The van der Waals surface area contributed by atoms with Crippen LogP contribution in [0.15, 0.2) is 24.8 Å². The molecule has 2 aromatic rings. The molecule has 0 aliphatic rings. The highest BCUT2D eigenvalue weighted by atomic mass is 16.4. The lowest BCUT2D eigenvalue weighted by molar-refractivity contribution is -0.139. The molecular formula is C12H16N6O3. The van der Waals surface area contributed by atoms with E-state index in [0.29, 0.717) is 11.4 Å². The summed E-state index contributed by atoms with van der Waals surface area (Å²) in [5, 5.41) is 18.1. The van der Waals surface area contributed by atoms with Crippen LogP contribution in [0.5, 0.6) is 0 Å². The largest absolute Gasteiger partial charge is 0.479 e. The lowest BCUT2D eigenvalue weighted by Gasteiger charge is -2.16. The van der Waals surface area contributed by atoms with Crippen molar-refractivity contribution in [1.29, 1.82) is 0 Å². The Morgan fingerprint density at radius 2 is 2.19 bits per heavy atom. The number of carbonyl (C=O) groups excluding carboxylic acids is 1. The number of urea groups is 1. The Morgan fingerprint density at radius 1 is 1.43 bits per heavy atom. The lowest BCUT2D eigenvalue weighted by Crippen LogP contribution is -2.41. The summed E-state index contributed by atoms with van der Waals surface area (Å²) >= 11 is 0. The molecule has 9 nitrogen and oxygen atoms in total. The van der Waals surface area contributed by atoms with Gasteiger partial charge in [0.15, 0.2) is 6.04 Å². The van der Waals surface area contributed by atoms with Crippen LogP contribution in [0.25, 0.3) is 0 Å². The number of aromatic nitrogens is 4. The van der Waals surface area contributed by atoms with Crippen molar-refractivity contribution in [3.8, 4) is 0 Å². The van der Waals surface area contributed by atoms with Crippen LogP contribution in [0, 0.1) is 0 Å². The van der Waals surface area contributed by atoms with Gasteiger partial charge in [-0.2, -0.15) is 5.10 Å². The first-order chi connectivity index (χ1) is 9.97. The van der Waals surface area contributed by atoms with Crippen LogP contribution < -0.4 is 10.6 Å². The monoisotopic (exact) mass is 292 g/mol. The van der Waals surface area contributed by atoms with Gasteiger partial charge < -0.3 is 20.7 Å². The van der Waals surface area contributed by atoms with Crippen molar-refractivity contribution in [2.24, 2.45) is 7.05 Å². The number of hydrogen-bond acceptors (Lipinski definition) is 4. The average molecular weight is 292 g/mol. The zero-order valence-corrected chi connectivity index (χ0v) is 11.6. The first kappa shape index (κ1) is 14.6. The minimum atomic E-state index is -1.16. The summed E-state index contributed by atoms with van der Waals surface area (Å²) in [5.41, 5.74) is 0.394. The van der Waals surface area contributed by atoms with Crippen molar-refractivity contribution in [2.45, 2.75) is 19.0 Å². The summed E-state index contributed by atoms with van der Waals surface area (Å²) in [7, 11) is 1.67. The standard InChI is InChI=1S/C12H16N6O3/c1-7(10-13-3-4-14-10)16-12(21)17-9(11(19)20)8-5-15-18(2)6-8/h3-7,9H,1-2H3,(H,13,14)(H,19,20)(H2,16,17,21). The first-order valence-electron chi connectivity index (χ1n) is 6.25. The summed E-state index contributed by atoms with van der Waals surface area (Å²) in [6.07, 6.45) is 6.15. The third kappa shape index (κ3) is 3.59. The SMILES string of the molecule is CC(NC(=O)NC(C(=O)O)c1cnn(C)c1)c1ncc[nH]1. The van der Waals surface area contributed by atoms with Gasteiger partial charge in [0, 0.05) is 31.2 Å². The molecule has 2 amide bonds. The van der Waals surface area contributed by atoms with Crippen LogP contribution >= 0.6 is 0 Å². The predicted octanol–water partition coefficient (Wildman–Crippen LogP) is 0.329. The van der Waals surface area contributed by atoms with Crippen LogP contribution in [0.1, 0.15) is 30.4 Å². The molecule has 2 atom stereocenters. The predicted molar refractivity (Wildman–Crippen MR) is 72.3 cm³/mol. The molecule has 0 spiro atoms. The van der Waals surface area contributed by atoms with E-state index in [1.54, 1.807) is 26.4 Å². The van der Waals surface area contributed by atoms with Gasteiger partial charge >= 0.3 is 12.0 Å². The van der Waals surface area contributed by atoms with Gasteiger partial charge in [-0.15, -0.1) is 0 Å². The fourth-order valence-electron chi connectivity index (χ4n) is 1.83. The molecule has 0 aliphatic heterocycles. The molecule has 9 heteroatoms. The zero-order chi connectivity index (χ0) is 15.4. The molecule has 2 unspecified atom stereocenters. The van der Waals surface area contributed by atoms with Gasteiger partial charge in [-0.3, -0.25) is 4.68 Å². The number of aryl methyl sites for hydroxylation is 1. The van der Waals surface area contributed by atoms with E-state index in [4.69, 9.17) is 0 Å². The number of nitrogens with one attached hydrogen (secondary N) is 3. The number of carboxylic acid groups (broad SMARTS) is 1. The number of hydrogen-bond donors (Lipinski definition) is 4. The summed E-state index contributed by atoms with van der Waals surface area (Å²) in [6.45, 7) is 1.73. The smallest absolute Gasteiger partial charge is 0.331 e. The molecule has 2 aromatic heterocycles. The van der Waals surface area contributed by atoms with Crippen LogP contribution in [0.4, 0.5) is 4.79 Å². The van der Waals surface area contributed by atoms with E-state index in [2.05, 4.69) is 25.7 Å². The third-order valence-corrected chi connectivity index (χ3v) is 2.86. The quantitative estimate of drug-likeness (QED) is 0.632. The molecule has 2 heterocycles. The topological polar surface area (TPSA) is 125 Å².